The highest BCUT2D eigenvalue weighted by atomic mass is 19.4. The summed E-state index contributed by atoms with van der Waals surface area (Å²) in [5, 5.41) is 15.9. The molecule has 0 bridgehead atoms. The van der Waals surface area contributed by atoms with E-state index in [1.807, 2.05) is 6.07 Å². The lowest BCUT2D eigenvalue weighted by atomic mass is 10.1. The van der Waals surface area contributed by atoms with Gasteiger partial charge < -0.3 is 5.32 Å². The Kier molecular flexibility index (Phi) is 5.11. The first-order valence-electron chi connectivity index (χ1n) is 8.54. The predicted molar refractivity (Wildman–Crippen MR) is 89.1 cm³/mol. The van der Waals surface area contributed by atoms with Gasteiger partial charge in [0.05, 0.1) is 11.3 Å². The molecule has 0 atom stereocenters. The van der Waals surface area contributed by atoms with Crippen molar-refractivity contribution in [2.75, 3.05) is 5.32 Å². The molecule has 0 radical (unpaired) electrons. The van der Waals surface area contributed by atoms with Crippen molar-refractivity contribution in [2.24, 2.45) is 7.05 Å². The van der Waals surface area contributed by atoms with Gasteiger partial charge in [-0.1, -0.05) is 25.7 Å². The van der Waals surface area contributed by atoms with Crippen LogP contribution in [0, 0.1) is 11.3 Å². The van der Waals surface area contributed by atoms with Gasteiger partial charge in [0.2, 0.25) is 5.82 Å². The first kappa shape index (κ1) is 18.2. The van der Waals surface area contributed by atoms with E-state index in [0.717, 1.165) is 36.4 Å². The normalized spacial score (nSPS) is 16.1. The maximum atomic E-state index is 13.0. The maximum absolute atomic E-state index is 13.0. The van der Waals surface area contributed by atoms with Crippen LogP contribution in [0.25, 0.3) is 11.3 Å². The van der Waals surface area contributed by atoms with Crippen LogP contribution < -0.4 is 5.32 Å². The molecule has 1 saturated carbocycles. The average Bonchev–Trinajstić information content (AvgIpc) is 2.81. The number of rotatable bonds is 3. The lowest BCUT2D eigenvalue weighted by Gasteiger charge is -2.19. The van der Waals surface area contributed by atoms with Gasteiger partial charge in [-0.25, -0.2) is 9.97 Å². The lowest BCUT2D eigenvalue weighted by Crippen LogP contribution is -2.20. The molecule has 2 aromatic heterocycles. The number of aromatic nitrogens is 4. The minimum atomic E-state index is -4.53. The maximum Gasteiger partial charge on any atom is 0.435 e. The van der Waals surface area contributed by atoms with E-state index in [0.29, 0.717) is 11.4 Å². The summed E-state index contributed by atoms with van der Waals surface area (Å²) in [7, 11) is 1.44. The third-order valence-corrected chi connectivity index (χ3v) is 4.53. The molecular weight excluding hydrogens is 345 g/mol. The number of nitriles is 1. The number of halogens is 3. The van der Waals surface area contributed by atoms with Crippen molar-refractivity contribution in [2.45, 2.75) is 50.7 Å². The molecule has 9 heteroatoms. The molecule has 1 aliphatic rings. The Morgan fingerprint density at radius 1 is 1.23 bits per heavy atom. The molecule has 0 aliphatic heterocycles. The first-order chi connectivity index (χ1) is 12.4. The first-order valence-corrected chi connectivity index (χ1v) is 8.54. The van der Waals surface area contributed by atoms with Crippen molar-refractivity contribution in [3.63, 3.8) is 0 Å². The molecule has 0 spiro atoms. The summed E-state index contributed by atoms with van der Waals surface area (Å²) in [6, 6.07) is 3.02. The summed E-state index contributed by atoms with van der Waals surface area (Å²) in [5.41, 5.74) is -0.323. The van der Waals surface area contributed by atoms with E-state index < -0.39 is 11.9 Å². The number of hydrogen-bond acceptors (Lipinski definition) is 5. The molecule has 0 aromatic carbocycles. The van der Waals surface area contributed by atoms with E-state index in [4.69, 9.17) is 5.26 Å². The fourth-order valence-electron chi connectivity index (χ4n) is 3.21. The van der Waals surface area contributed by atoms with Crippen LogP contribution in [0.2, 0.25) is 0 Å². The fraction of sp³-hybridized carbons (Fsp3) is 0.529. The molecule has 1 fully saturated rings. The van der Waals surface area contributed by atoms with E-state index in [1.165, 1.54) is 26.1 Å². The van der Waals surface area contributed by atoms with E-state index in [1.54, 1.807) is 0 Å². The van der Waals surface area contributed by atoms with Gasteiger partial charge >= 0.3 is 6.18 Å². The Balaban J connectivity index is 1.99. The quantitative estimate of drug-likeness (QED) is 0.836. The third kappa shape index (κ3) is 3.95. The number of nitrogens with zero attached hydrogens (tertiary/aromatic N) is 5. The number of aryl methyl sites for hydroxylation is 1. The van der Waals surface area contributed by atoms with E-state index >= 15 is 0 Å². The zero-order chi connectivity index (χ0) is 18.7. The molecule has 0 unspecified atom stereocenters. The molecule has 0 saturated heterocycles. The van der Waals surface area contributed by atoms with Gasteiger partial charge in [-0.05, 0) is 18.9 Å². The van der Waals surface area contributed by atoms with Crippen molar-refractivity contribution >= 4 is 5.82 Å². The van der Waals surface area contributed by atoms with Gasteiger partial charge in [0, 0.05) is 19.3 Å². The van der Waals surface area contributed by atoms with Crippen LogP contribution in [0.3, 0.4) is 0 Å². The minimum absolute atomic E-state index is 0.0249. The highest BCUT2D eigenvalue weighted by molar-refractivity contribution is 5.72. The summed E-state index contributed by atoms with van der Waals surface area (Å²) in [5.74, 6) is 0.350. The van der Waals surface area contributed by atoms with Crippen LogP contribution in [0.15, 0.2) is 12.3 Å². The molecular formula is C17H19F3N6. The van der Waals surface area contributed by atoms with Crippen LogP contribution in [-0.2, 0) is 13.2 Å². The Labute approximate surface area is 149 Å². The van der Waals surface area contributed by atoms with Crippen molar-refractivity contribution in [3.8, 4) is 17.3 Å². The van der Waals surface area contributed by atoms with Gasteiger partial charge in [-0.15, -0.1) is 0 Å². The summed E-state index contributed by atoms with van der Waals surface area (Å²) in [6.07, 6.45) is 3.30. The van der Waals surface area contributed by atoms with Gasteiger partial charge in [0.15, 0.2) is 5.69 Å². The second-order valence-electron chi connectivity index (χ2n) is 6.44. The number of hydrogen-bond donors (Lipinski definition) is 1. The minimum Gasteiger partial charge on any atom is -0.367 e. The fourth-order valence-corrected chi connectivity index (χ4v) is 3.21. The van der Waals surface area contributed by atoms with Gasteiger partial charge in [0.1, 0.15) is 11.9 Å². The summed E-state index contributed by atoms with van der Waals surface area (Å²) in [4.78, 5) is 8.12. The van der Waals surface area contributed by atoms with Gasteiger partial charge in [0.25, 0.3) is 0 Å². The highest BCUT2D eigenvalue weighted by Crippen LogP contribution is 2.34. The second-order valence-corrected chi connectivity index (χ2v) is 6.44. The van der Waals surface area contributed by atoms with Gasteiger partial charge in [-0.2, -0.15) is 23.5 Å². The van der Waals surface area contributed by atoms with Crippen LogP contribution in [0.5, 0.6) is 0 Å². The summed E-state index contributed by atoms with van der Waals surface area (Å²) < 4.78 is 40.1. The molecule has 26 heavy (non-hydrogen) atoms. The van der Waals surface area contributed by atoms with E-state index in [9.17, 15) is 13.2 Å². The Morgan fingerprint density at radius 2 is 1.92 bits per heavy atom. The predicted octanol–water partition coefficient (Wildman–Crippen LogP) is 3.90. The lowest BCUT2D eigenvalue weighted by molar-refractivity contribution is -0.141. The van der Waals surface area contributed by atoms with Crippen molar-refractivity contribution in [1.29, 1.82) is 5.26 Å². The number of nitrogens with one attached hydrogen (secondary N) is 1. The number of alkyl halides is 3. The van der Waals surface area contributed by atoms with Crippen molar-refractivity contribution in [1.82, 2.24) is 19.7 Å². The van der Waals surface area contributed by atoms with Crippen molar-refractivity contribution in [3.05, 3.63) is 23.8 Å². The SMILES string of the molecule is Cn1nc(C(F)(F)F)cc1-c1cnc(C#N)nc1NC1CCCCCC1. The Morgan fingerprint density at radius 3 is 2.50 bits per heavy atom. The van der Waals surface area contributed by atoms with E-state index in [-0.39, 0.29) is 17.6 Å². The van der Waals surface area contributed by atoms with Crippen LogP contribution in [-0.4, -0.2) is 25.8 Å². The number of anilines is 1. The van der Waals surface area contributed by atoms with E-state index in [2.05, 4.69) is 20.4 Å². The Hall–Kier alpha value is -2.63. The molecule has 2 aromatic rings. The zero-order valence-electron chi connectivity index (χ0n) is 14.3. The topological polar surface area (TPSA) is 79.4 Å². The second kappa shape index (κ2) is 7.32. The van der Waals surface area contributed by atoms with Crippen LogP contribution in [0.4, 0.5) is 19.0 Å². The van der Waals surface area contributed by atoms with Gasteiger partial charge in [-0.3, -0.25) is 4.68 Å². The molecule has 138 valence electrons. The third-order valence-electron chi connectivity index (χ3n) is 4.53. The largest absolute Gasteiger partial charge is 0.435 e. The average molecular weight is 364 g/mol. The molecule has 0 amide bonds. The van der Waals surface area contributed by atoms with Crippen LogP contribution in [0.1, 0.15) is 50.0 Å². The molecule has 1 N–H and O–H groups in total. The molecule has 2 heterocycles. The van der Waals surface area contributed by atoms with Crippen molar-refractivity contribution < 1.29 is 13.2 Å². The standard InChI is InChI=1S/C17H19F3N6/c1-26-13(8-14(25-26)17(18,19)20)12-10-22-15(9-21)24-16(12)23-11-6-4-2-3-5-7-11/h8,10-11H,2-7H2,1H3,(H,22,23,24). The zero-order valence-corrected chi connectivity index (χ0v) is 14.3. The van der Waals surface area contributed by atoms with Crippen LogP contribution >= 0.6 is 0 Å². The molecule has 1 aliphatic carbocycles. The molecule has 6 nitrogen and oxygen atoms in total. The highest BCUT2D eigenvalue weighted by Gasteiger charge is 2.35. The summed E-state index contributed by atoms with van der Waals surface area (Å²) >= 11 is 0. The monoisotopic (exact) mass is 364 g/mol. The molecule has 3 rings (SSSR count). The summed E-state index contributed by atoms with van der Waals surface area (Å²) in [6.45, 7) is 0. The Bertz CT molecular complexity index is 813. The smallest absolute Gasteiger partial charge is 0.367 e.